The molecule has 1 aliphatic heterocycles. The molecule has 0 saturated carbocycles. The maximum Gasteiger partial charge on any atom is 0.417 e. The molecule has 2 unspecified atom stereocenters. The van der Waals surface area contributed by atoms with Crippen LogP contribution in [-0.4, -0.2) is 40.3 Å². The lowest BCUT2D eigenvalue weighted by atomic mass is 10.1. The van der Waals surface area contributed by atoms with Gasteiger partial charge in [-0.2, -0.15) is 21.6 Å². The van der Waals surface area contributed by atoms with E-state index in [2.05, 4.69) is 4.98 Å². The highest BCUT2D eigenvalue weighted by Gasteiger charge is 2.51. The van der Waals surface area contributed by atoms with Crippen LogP contribution in [0.15, 0.2) is 29.9 Å². The Kier molecular flexibility index (Phi) is 5.15. The number of anilines is 1. The second-order valence-electron chi connectivity index (χ2n) is 6.40. The van der Waals surface area contributed by atoms with Gasteiger partial charge in [0.1, 0.15) is 5.00 Å². The zero-order valence-electron chi connectivity index (χ0n) is 14.7. The molecule has 0 spiro atoms. The molecule has 1 aliphatic rings. The maximum absolute atomic E-state index is 12.9. The van der Waals surface area contributed by atoms with Gasteiger partial charge in [0.2, 0.25) is 0 Å². The standard InChI is InChI=1S/C16H16F3N3O4S2/c1-9-6-20-4-3-11(9)7-21-10(2)14(28(24,25)26)22(15(21)23)13-5-12(8-27-13)16(17,18)19/h3-6,8,10,14H,7H2,1-2H3,(H,24,25,26). The van der Waals surface area contributed by atoms with Crippen LogP contribution < -0.4 is 4.90 Å². The van der Waals surface area contributed by atoms with E-state index in [9.17, 15) is 30.9 Å². The predicted molar refractivity (Wildman–Crippen MR) is 96.5 cm³/mol. The second kappa shape index (κ2) is 7.01. The van der Waals surface area contributed by atoms with E-state index in [1.807, 2.05) is 0 Å². The summed E-state index contributed by atoms with van der Waals surface area (Å²) in [5.41, 5.74) is 0.471. The van der Waals surface area contributed by atoms with Crippen molar-refractivity contribution in [1.29, 1.82) is 0 Å². The fourth-order valence-corrected chi connectivity index (χ4v) is 5.20. The Labute approximate surface area is 163 Å². The molecule has 0 radical (unpaired) electrons. The predicted octanol–water partition coefficient (Wildman–Crippen LogP) is 3.51. The molecule has 12 heteroatoms. The van der Waals surface area contributed by atoms with Crippen LogP contribution in [0.25, 0.3) is 0 Å². The molecule has 2 aromatic rings. The van der Waals surface area contributed by atoms with Crippen molar-refractivity contribution < 1.29 is 30.9 Å². The molecule has 7 nitrogen and oxygen atoms in total. The third-order valence-electron chi connectivity index (χ3n) is 4.54. The Hall–Kier alpha value is -2.18. The Morgan fingerprint density at radius 1 is 1.36 bits per heavy atom. The Balaban J connectivity index is 2.02. The lowest BCUT2D eigenvalue weighted by Crippen LogP contribution is -2.41. The number of nitrogens with zero attached hydrogens (tertiary/aromatic N) is 3. The number of hydrogen-bond acceptors (Lipinski definition) is 5. The topological polar surface area (TPSA) is 90.8 Å². The molecule has 2 atom stereocenters. The Morgan fingerprint density at radius 3 is 2.57 bits per heavy atom. The summed E-state index contributed by atoms with van der Waals surface area (Å²) in [6.45, 7) is 3.21. The number of alkyl halides is 3. The SMILES string of the molecule is Cc1cnccc1CN1C(=O)N(c2cc(C(F)(F)F)cs2)C(S(=O)(=O)O)C1C. The van der Waals surface area contributed by atoms with Crippen LogP contribution >= 0.6 is 11.3 Å². The van der Waals surface area contributed by atoms with Crippen LogP contribution in [0.4, 0.5) is 23.0 Å². The number of carbonyl (C=O) groups is 1. The zero-order chi connectivity index (χ0) is 20.9. The average Bonchev–Trinajstić information content (AvgIpc) is 3.14. The summed E-state index contributed by atoms with van der Waals surface area (Å²) >= 11 is 0.584. The molecule has 0 aromatic carbocycles. The van der Waals surface area contributed by atoms with Gasteiger partial charge in [-0.3, -0.25) is 14.4 Å². The van der Waals surface area contributed by atoms with Gasteiger partial charge in [0.05, 0.1) is 11.6 Å². The summed E-state index contributed by atoms with van der Waals surface area (Å²) in [5.74, 6) is 0. The summed E-state index contributed by atoms with van der Waals surface area (Å²) in [6.07, 6.45) is -1.54. The van der Waals surface area contributed by atoms with E-state index >= 15 is 0 Å². The van der Waals surface area contributed by atoms with Crippen molar-refractivity contribution in [1.82, 2.24) is 9.88 Å². The minimum Gasteiger partial charge on any atom is -0.314 e. The number of pyridine rings is 1. The highest BCUT2D eigenvalue weighted by Crippen LogP contribution is 2.40. The Bertz CT molecular complexity index is 1010. The van der Waals surface area contributed by atoms with Gasteiger partial charge in [-0.05, 0) is 37.1 Å². The van der Waals surface area contributed by atoms with Crippen LogP contribution in [0.3, 0.4) is 0 Å². The van der Waals surface area contributed by atoms with E-state index in [1.165, 1.54) is 18.0 Å². The molecule has 2 aromatic heterocycles. The molecule has 3 rings (SSSR count). The largest absolute Gasteiger partial charge is 0.417 e. The number of aryl methyl sites for hydroxylation is 1. The van der Waals surface area contributed by atoms with Gasteiger partial charge in [0, 0.05) is 24.3 Å². The summed E-state index contributed by atoms with van der Waals surface area (Å²) in [4.78, 5) is 18.8. The fraction of sp³-hybridized carbons (Fsp3) is 0.375. The van der Waals surface area contributed by atoms with Crippen LogP contribution in [-0.2, 0) is 22.8 Å². The second-order valence-corrected chi connectivity index (χ2v) is 8.80. The van der Waals surface area contributed by atoms with E-state index in [0.29, 0.717) is 27.9 Å². The summed E-state index contributed by atoms with van der Waals surface area (Å²) in [6, 6.07) is 0.565. The molecule has 3 heterocycles. The van der Waals surface area contributed by atoms with Gasteiger partial charge in [-0.15, -0.1) is 11.3 Å². The number of carbonyl (C=O) groups excluding carboxylic acids is 1. The van der Waals surface area contributed by atoms with Crippen molar-refractivity contribution in [3.63, 3.8) is 0 Å². The zero-order valence-corrected chi connectivity index (χ0v) is 16.3. The van der Waals surface area contributed by atoms with Crippen molar-refractivity contribution in [2.45, 2.75) is 38.0 Å². The smallest absolute Gasteiger partial charge is 0.314 e. The van der Waals surface area contributed by atoms with Gasteiger partial charge >= 0.3 is 12.2 Å². The molecule has 1 N–H and O–H groups in total. The number of urea groups is 1. The maximum atomic E-state index is 12.9. The minimum absolute atomic E-state index is 0.0222. The van der Waals surface area contributed by atoms with E-state index in [1.54, 1.807) is 19.2 Å². The number of halogens is 3. The van der Waals surface area contributed by atoms with E-state index in [4.69, 9.17) is 0 Å². The van der Waals surface area contributed by atoms with E-state index in [-0.39, 0.29) is 11.5 Å². The number of thiophene rings is 1. The molecule has 1 saturated heterocycles. The minimum atomic E-state index is -4.77. The average molecular weight is 435 g/mol. The molecular weight excluding hydrogens is 419 g/mol. The molecule has 1 fully saturated rings. The summed E-state index contributed by atoms with van der Waals surface area (Å²) < 4.78 is 72.3. The van der Waals surface area contributed by atoms with Crippen molar-refractivity contribution in [2.75, 3.05) is 4.90 Å². The van der Waals surface area contributed by atoms with Crippen molar-refractivity contribution in [3.05, 3.63) is 46.6 Å². The lowest BCUT2D eigenvalue weighted by Gasteiger charge is -2.22. The number of aromatic nitrogens is 1. The molecule has 28 heavy (non-hydrogen) atoms. The molecule has 0 aliphatic carbocycles. The monoisotopic (exact) mass is 435 g/mol. The van der Waals surface area contributed by atoms with Crippen LogP contribution in [0.5, 0.6) is 0 Å². The number of rotatable bonds is 4. The third kappa shape index (κ3) is 3.71. The first-order valence-corrected chi connectivity index (χ1v) is 10.4. The van der Waals surface area contributed by atoms with Crippen molar-refractivity contribution in [2.24, 2.45) is 0 Å². The van der Waals surface area contributed by atoms with Gasteiger partial charge in [0.25, 0.3) is 10.1 Å². The molecular formula is C16H16F3N3O4S2. The first kappa shape index (κ1) is 20.6. The van der Waals surface area contributed by atoms with Crippen LogP contribution in [0.2, 0.25) is 0 Å². The molecule has 0 bridgehead atoms. The highest BCUT2D eigenvalue weighted by molar-refractivity contribution is 7.86. The first-order chi connectivity index (χ1) is 12.9. The van der Waals surface area contributed by atoms with Gasteiger partial charge < -0.3 is 4.90 Å². The third-order valence-corrected chi connectivity index (χ3v) is 6.69. The summed E-state index contributed by atoms with van der Waals surface area (Å²) in [7, 11) is -4.77. The van der Waals surface area contributed by atoms with Crippen molar-refractivity contribution >= 4 is 32.5 Å². The van der Waals surface area contributed by atoms with E-state index < -0.39 is 39.3 Å². The van der Waals surface area contributed by atoms with Crippen LogP contribution in [0.1, 0.15) is 23.6 Å². The fourth-order valence-electron chi connectivity index (χ4n) is 3.07. The molecule has 152 valence electrons. The van der Waals surface area contributed by atoms with Gasteiger partial charge in [0.15, 0.2) is 5.37 Å². The van der Waals surface area contributed by atoms with E-state index in [0.717, 1.165) is 10.9 Å². The highest BCUT2D eigenvalue weighted by atomic mass is 32.2. The van der Waals surface area contributed by atoms with Gasteiger partial charge in [-0.25, -0.2) is 4.79 Å². The van der Waals surface area contributed by atoms with Gasteiger partial charge in [-0.1, -0.05) is 0 Å². The normalized spacial score (nSPS) is 20.9. The molecule has 2 amide bonds. The van der Waals surface area contributed by atoms with Crippen molar-refractivity contribution in [3.8, 4) is 0 Å². The number of amides is 2. The Morgan fingerprint density at radius 2 is 2.04 bits per heavy atom. The quantitative estimate of drug-likeness (QED) is 0.742. The van der Waals surface area contributed by atoms with Crippen LogP contribution in [0, 0.1) is 6.92 Å². The number of hydrogen-bond donors (Lipinski definition) is 1. The summed E-state index contributed by atoms with van der Waals surface area (Å²) in [5, 5.41) is -1.13. The lowest BCUT2D eigenvalue weighted by molar-refractivity contribution is -0.137. The first-order valence-electron chi connectivity index (χ1n) is 8.02.